The summed E-state index contributed by atoms with van der Waals surface area (Å²) in [6, 6.07) is 8.03. The molecule has 1 saturated carbocycles. The molecule has 0 bridgehead atoms. The lowest BCUT2D eigenvalue weighted by molar-refractivity contribution is -0.144. The molecule has 9 heteroatoms. The van der Waals surface area contributed by atoms with Gasteiger partial charge in [-0.2, -0.15) is 8.42 Å². The van der Waals surface area contributed by atoms with E-state index in [1.54, 1.807) is 19.1 Å². The van der Waals surface area contributed by atoms with Gasteiger partial charge in [0.1, 0.15) is 5.82 Å². The van der Waals surface area contributed by atoms with Crippen molar-refractivity contribution < 1.29 is 31.3 Å². The van der Waals surface area contributed by atoms with E-state index in [1.165, 1.54) is 36.1 Å². The summed E-state index contributed by atoms with van der Waals surface area (Å²) in [6.45, 7) is 11.2. The minimum atomic E-state index is -3.98. The summed E-state index contributed by atoms with van der Waals surface area (Å²) >= 11 is 0. The molecule has 7 nitrogen and oxygen atoms in total. The number of aryl methyl sites for hydroxylation is 2. The van der Waals surface area contributed by atoms with Gasteiger partial charge in [0.2, 0.25) is 0 Å². The van der Waals surface area contributed by atoms with Crippen LogP contribution in [0.3, 0.4) is 0 Å². The predicted octanol–water partition coefficient (Wildman–Crippen LogP) is 6.61. The normalized spacial score (nSPS) is 14.6. The maximum Gasteiger partial charge on any atom is 0.308 e. The van der Waals surface area contributed by atoms with Gasteiger partial charge in [-0.05, 0) is 98.2 Å². The molecule has 3 rings (SSSR count). The number of carbonyl (C=O) groups is 2. The van der Waals surface area contributed by atoms with Crippen LogP contribution in [-0.4, -0.2) is 39.3 Å². The van der Waals surface area contributed by atoms with Crippen LogP contribution in [0.2, 0.25) is 0 Å². The first kappa shape index (κ1) is 33.2. The van der Waals surface area contributed by atoms with Gasteiger partial charge in [0, 0.05) is 12.0 Å². The number of unbranched alkanes of at least 4 members (excludes halogenated alkanes) is 2. The number of amides is 1. The van der Waals surface area contributed by atoms with Gasteiger partial charge in [0.05, 0.1) is 25.3 Å². The first-order chi connectivity index (χ1) is 20.0. The fourth-order valence-electron chi connectivity index (χ4n) is 5.17. The van der Waals surface area contributed by atoms with Crippen molar-refractivity contribution in [2.24, 2.45) is 0 Å². The largest absolute Gasteiger partial charge is 0.466 e. The highest BCUT2D eigenvalue weighted by molar-refractivity contribution is 7.86. The van der Waals surface area contributed by atoms with Crippen LogP contribution in [0.15, 0.2) is 55.6 Å². The van der Waals surface area contributed by atoms with E-state index in [9.17, 15) is 18.0 Å². The maximum atomic E-state index is 15.5. The average Bonchev–Trinajstić information content (AvgIpc) is 3.76. The summed E-state index contributed by atoms with van der Waals surface area (Å²) in [6.07, 6.45) is 8.36. The minimum Gasteiger partial charge on any atom is -0.466 e. The van der Waals surface area contributed by atoms with Gasteiger partial charge in [-0.25, -0.2) is 4.39 Å². The summed E-state index contributed by atoms with van der Waals surface area (Å²) in [5.74, 6) is -1.48. The van der Waals surface area contributed by atoms with E-state index in [2.05, 4.69) is 37.5 Å². The lowest BCUT2D eigenvalue weighted by atomic mass is 9.87. The Kier molecular flexibility index (Phi) is 12.1. The smallest absolute Gasteiger partial charge is 0.308 e. The third-order valence-electron chi connectivity index (χ3n) is 7.21. The quantitative estimate of drug-likeness (QED) is 0.0951. The van der Waals surface area contributed by atoms with Crippen molar-refractivity contribution in [2.45, 2.75) is 83.3 Å². The highest BCUT2D eigenvalue weighted by Crippen LogP contribution is 2.43. The standard InChI is InChI=1S/C33H42FNO6S/c1-6-9-10-11-13-24-19-26(23-14-15-23)18-22(4)32(24)25-16-17-28(34)27(20-25)29(21-31(36)40-8-3)35-33(37)30(12-7-2)41-42(5,38)39/h6-7,16-20,23,29-30H,1-2,8-15,21H2,3-5H3,(H,35,37)/t29-,30+/m0/s1. The van der Waals surface area contributed by atoms with E-state index in [-0.39, 0.29) is 25.0 Å². The summed E-state index contributed by atoms with van der Waals surface area (Å²) in [4.78, 5) is 25.7. The first-order valence-electron chi connectivity index (χ1n) is 14.5. The van der Waals surface area contributed by atoms with Crippen LogP contribution >= 0.6 is 0 Å². The molecule has 0 saturated heterocycles. The number of benzene rings is 2. The zero-order valence-corrected chi connectivity index (χ0v) is 25.6. The van der Waals surface area contributed by atoms with E-state index in [4.69, 9.17) is 8.92 Å². The summed E-state index contributed by atoms with van der Waals surface area (Å²) in [5.41, 5.74) is 5.44. The third-order valence-corrected chi connectivity index (χ3v) is 7.79. The summed E-state index contributed by atoms with van der Waals surface area (Å²) in [5, 5.41) is 2.63. The zero-order chi connectivity index (χ0) is 30.9. The van der Waals surface area contributed by atoms with Crippen molar-refractivity contribution >= 4 is 22.0 Å². The molecule has 42 heavy (non-hydrogen) atoms. The fourth-order valence-corrected chi connectivity index (χ4v) is 5.75. The summed E-state index contributed by atoms with van der Waals surface area (Å²) in [7, 11) is -3.98. The Morgan fingerprint density at radius 2 is 1.88 bits per heavy atom. The number of nitrogens with one attached hydrogen (secondary N) is 1. The molecule has 0 radical (unpaired) electrons. The summed E-state index contributed by atoms with van der Waals surface area (Å²) < 4.78 is 49.0. The second kappa shape index (κ2) is 15.3. The molecule has 2 atom stereocenters. The lowest BCUT2D eigenvalue weighted by Gasteiger charge is -2.23. The van der Waals surface area contributed by atoms with Gasteiger partial charge in [-0.15, -0.1) is 13.2 Å². The van der Waals surface area contributed by atoms with Crippen LogP contribution in [0, 0.1) is 12.7 Å². The van der Waals surface area contributed by atoms with Crippen molar-refractivity contribution in [2.75, 3.05) is 12.9 Å². The van der Waals surface area contributed by atoms with Crippen molar-refractivity contribution in [1.82, 2.24) is 5.32 Å². The van der Waals surface area contributed by atoms with Gasteiger partial charge in [-0.3, -0.25) is 13.8 Å². The maximum absolute atomic E-state index is 15.5. The lowest BCUT2D eigenvalue weighted by Crippen LogP contribution is -2.40. The molecule has 0 aliphatic heterocycles. The molecule has 1 aliphatic rings. The molecule has 1 amide bonds. The number of carbonyl (C=O) groups excluding carboxylic acids is 2. The third kappa shape index (κ3) is 9.63. The zero-order valence-electron chi connectivity index (χ0n) is 24.8. The molecule has 2 aromatic rings. The highest BCUT2D eigenvalue weighted by Gasteiger charge is 2.29. The number of allylic oxidation sites excluding steroid dienone is 1. The second-order valence-corrected chi connectivity index (χ2v) is 12.4. The molecule has 0 spiro atoms. The Balaban J connectivity index is 2.04. The van der Waals surface area contributed by atoms with Crippen LogP contribution in [-0.2, 0) is 35.0 Å². The van der Waals surface area contributed by atoms with Gasteiger partial charge in [0.25, 0.3) is 16.0 Å². The number of ether oxygens (including phenoxy) is 1. The monoisotopic (exact) mass is 599 g/mol. The average molecular weight is 600 g/mol. The number of hydrogen-bond acceptors (Lipinski definition) is 6. The molecule has 1 aliphatic carbocycles. The van der Waals surface area contributed by atoms with Crippen LogP contribution in [0.1, 0.15) is 86.1 Å². The van der Waals surface area contributed by atoms with Crippen LogP contribution in [0.25, 0.3) is 11.1 Å². The molecule has 0 heterocycles. The number of halogens is 1. The van der Waals surface area contributed by atoms with E-state index < -0.39 is 40.0 Å². The minimum absolute atomic E-state index is 0.0916. The highest BCUT2D eigenvalue weighted by atomic mass is 32.2. The Labute approximate surface area is 249 Å². The van der Waals surface area contributed by atoms with Gasteiger partial charge in [-0.1, -0.05) is 30.4 Å². The molecular formula is C33H42FNO6S. The van der Waals surface area contributed by atoms with E-state index in [0.717, 1.165) is 48.6 Å². The Bertz CT molecular complexity index is 1400. The molecule has 228 valence electrons. The van der Waals surface area contributed by atoms with Crippen LogP contribution in [0.5, 0.6) is 0 Å². The van der Waals surface area contributed by atoms with E-state index in [0.29, 0.717) is 5.92 Å². The molecule has 1 fully saturated rings. The van der Waals surface area contributed by atoms with E-state index >= 15 is 4.39 Å². The Hall–Kier alpha value is -3.30. The molecule has 0 unspecified atom stereocenters. The number of rotatable bonds is 17. The number of esters is 1. The SMILES string of the molecule is C=CCCCCc1cc(C2CC2)cc(C)c1-c1ccc(F)c([C@H](CC(=O)OCC)NC(=O)[C@@H](CC=C)OS(C)(=O)=O)c1. The molecule has 2 aromatic carbocycles. The topological polar surface area (TPSA) is 98.8 Å². The first-order valence-corrected chi connectivity index (χ1v) is 16.3. The Morgan fingerprint density at radius 1 is 1.14 bits per heavy atom. The molecule has 0 aromatic heterocycles. The van der Waals surface area contributed by atoms with Crippen LogP contribution < -0.4 is 5.32 Å². The molecule has 1 N–H and O–H groups in total. The predicted molar refractivity (Wildman–Crippen MR) is 163 cm³/mol. The number of hydrogen-bond donors (Lipinski definition) is 1. The van der Waals surface area contributed by atoms with Crippen molar-refractivity contribution in [3.05, 3.63) is 83.7 Å². The van der Waals surface area contributed by atoms with Gasteiger partial charge < -0.3 is 10.1 Å². The fraction of sp³-hybridized carbons (Fsp3) is 0.455. The second-order valence-electron chi connectivity index (χ2n) is 10.8. The van der Waals surface area contributed by atoms with Gasteiger partial charge >= 0.3 is 5.97 Å². The molecular weight excluding hydrogens is 557 g/mol. The Morgan fingerprint density at radius 3 is 2.50 bits per heavy atom. The van der Waals surface area contributed by atoms with Crippen LogP contribution in [0.4, 0.5) is 4.39 Å². The van der Waals surface area contributed by atoms with Crippen molar-refractivity contribution in [3.8, 4) is 11.1 Å². The van der Waals surface area contributed by atoms with E-state index in [1.807, 2.05) is 6.08 Å². The van der Waals surface area contributed by atoms with Gasteiger partial charge in [0.15, 0.2) is 6.10 Å². The van der Waals surface area contributed by atoms with Crippen molar-refractivity contribution in [3.63, 3.8) is 0 Å². The van der Waals surface area contributed by atoms with Crippen molar-refractivity contribution in [1.29, 1.82) is 0 Å².